The van der Waals surface area contributed by atoms with E-state index in [1.54, 1.807) is 42.5 Å². The first kappa shape index (κ1) is 18.1. The molecule has 0 aliphatic heterocycles. The zero-order valence-electron chi connectivity index (χ0n) is 14.4. The number of sulfonamides is 1. The molecule has 136 valence electrons. The number of nitrogens with zero attached hydrogens (tertiary/aromatic N) is 3. The van der Waals surface area contributed by atoms with Gasteiger partial charge in [-0.25, -0.2) is 22.2 Å². The van der Waals surface area contributed by atoms with Gasteiger partial charge in [0.1, 0.15) is 12.1 Å². The Hall–Kier alpha value is -2.74. The monoisotopic (exact) mass is 374 g/mol. The Morgan fingerprint density at radius 1 is 1.12 bits per heavy atom. The SMILES string of the molecule is CC(C)c1ccc(S(=O)(=O)Nc2ncn(Cc3ccccc3F)n2)cc1. The second-order valence-electron chi connectivity index (χ2n) is 6.19. The van der Waals surface area contributed by atoms with Gasteiger partial charge >= 0.3 is 0 Å². The third-order valence-electron chi connectivity index (χ3n) is 3.91. The van der Waals surface area contributed by atoms with Crippen LogP contribution in [0.2, 0.25) is 0 Å². The molecular weight excluding hydrogens is 355 g/mol. The van der Waals surface area contributed by atoms with E-state index >= 15 is 0 Å². The summed E-state index contributed by atoms with van der Waals surface area (Å²) < 4.78 is 42.3. The van der Waals surface area contributed by atoms with E-state index in [1.807, 2.05) is 13.8 Å². The lowest BCUT2D eigenvalue weighted by Gasteiger charge is -2.08. The maximum absolute atomic E-state index is 13.7. The van der Waals surface area contributed by atoms with E-state index in [0.717, 1.165) is 5.56 Å². The van der Waals surface area contributed by atoms with Gasteiger partial charge in [0, 0.05) is 5.56 Å². The summed E-state index contributed by atoms with van der Waals surface area (Å²) in [5, 5.41) is 4.05. The molecule has 2 aromatic carbocycles. The van der Waals surface area contributed by atoms with Gasteiger partial charge < -0.3 is 0 Å². The highest BCUT2D eigenvalue weighted by Crippen LogP contribution is 2.19. The molecule has 0 saturated carbocycles. The number of benzene rings is 2. The highest BCUT2D eigenvalue weighted by atomic mass is 32.2. The van der Waals surface area contributed by atoms with Crippen molar-refractivity contribution in [3.05, 3.63) is 71.8 Å². The van der Waals surface area contributed by atoms with Crippen LogP contribution in [0.15, 0.2) is 59.8 Å². The quantitative estimate of drug-likeness (QED) is 0.717. The summed E-state index contributed by atoms with van der Waals surface area (Å²) >= 11 is 0. The van der Waals surface area contributed by atoms with Crippen molar-refractivity contribution in [1.29, 1.82) is 0 Å². The smallest absolute Gasteiger partial charge is 0.246 e. The van der Waals surface area contributed by atoms with Gasteiger partial charge in [-0.05, 0) is 29.7 Å². The molecule has 8 heteroatoms. The van der Waals surface area contributed by atoms with Crippen LogP contribution < -0.4 is 4.72 Å². The molecule has 0 spiro atoms. The second kappa shape index (κ2) is 7.25. The zero-order valence-corrected chi connectivity index (χ0v) is 15.2. The Morgan fingerprint density at radius 2 is 1.81 bits per heavy atom. The molecule has 0 atom stereocenters. The molecule has 6 nitrogen and oxygen atoms in total. The van der Waals surface area contributed by atoms with Crippen LogP contribution >= 0.6 is 0 Å². The fraction of sp³-hybridized carbons (Fsp3) is 0.222. The van der Waals surface area contributed by atoms with E-state index in [-0.39, 0.29) is 23.2 Å². The van der Waals surface area contributed by atoms with Crippen molar-refractivity contribution in [3.8, 4) is 0 Å². The van der Waals surface area contributed by atoms with Gasteiger partial charge in [0.25, 0.3) is 16.0 Å². The molecule has 26 heavy (non-hydrogen) atoms. The van der Waals surface area contributed by atoms with Crippen LogP contribution in [0.25, 0.3) is 0 Å². The number of halogens is 1. The predicted octanol–water partition coefficient (Wildman–Crippen LogP) is 3.39. The van der Waals surface area contributed by atoms with E-state index < -0.39 is 10.0 Å². The topological polar surface area (TPSA) is 76.9 Å². The van der Waals surface area contributed by atoms with Crippen LogP contribution in [0.3, 0.4) is 0 Å². The van der Waals surface area contributed by atoms with Crippen molar-refractivity contribution in [2.45, 2.75) is 31.2 Å². The first-order chi connectivity index (χ1) is 12.3. The second-order valence-corrected chi connectivity index (χ2v) is 7.87. The molecule has 1 heterocycles. The molecule has 1 N–H and O–H groups in total. The van der Waals surface area contributed by atoms with Crippen molar-refractivity contribution in [3.63, 3.8) is 0 Å². The lowest BCUT2D eigenvalue weighted by molar-refractivity contribution is 0.584. The first-order valence-corrected chi connectivity index (χ1v) is 9.59. The summed E-state index contributed by atoms with van der Waals surface area (Å²) in [4.78, 5) is 4.07. The number of nitrogens with one attached hydrogen (secondary N) is 1. The van der Waals surface area contributed by atoms with Crippen LogP contribution in [0.5, 0.6) is 0 Å². The van der Waals surface area contributed by atoms with E-state index in [9.17, 15) is 12.8 Å². The van der Waals surface area contributed by atoms with Crippen LogP contribution in [-0.4, -0.2) is 23.2 Å². The molecule has 0 saturated heterocycles. The maximum Gasteiger partial charge on any atom is 0.264 e. The van der Waals surface area contributed by atoms with Crippen molar-refractivity contribution >= 4 is 16.0 Å². The first-order valence-electron chi connectivity index (χ1n) is 8.11. The van der Waals surface area contributed by atoms with Gasteiger partial charge in [-0.2, -0.15) is 4.98 Å². The Kier molecular flexibility index (Phi) is 5.03. The molecule has 0 fully saturated rings. The number of rotatable bonds is 6. The molecule has 0 unspecified atom stereocenters. The van der Waals surface area contributed by atoms with Gasteiger partial charge in [-0.15, -0.1) is 5.10 Å². The van der Waals surface area contributed by atoms with Gasteiger partial charge in [0.2, 0.25) is 0 Å². The Morgan fingerprint density at radius 3 is 2.46 bits per heavy atom. The summed E-state index contributed by atoms with van der Waals surface area (Å²) in [6, 6.07) is 13.0. The molecule has 3 rings (SSSR count). The lowest BCUT2D eigenvalue weighted by Crippen LogP contribution is -2.14. The van der Waals surface area contributed by atoms with Crippen LogP contribution in [0.1, 0.15) is 30.9 Å². The summed E-state index contributed by atoms with van der Waals surface area (Å²) in [5.74, 6) is -0.0971. The summed E-state index contributed by atoms with van der Waals surface area (Å²) in [5.41, 5.74) is 1.49. The minimum atomic E-state index is -3.79. The summed E-state index contributed by atoms with van der Waals surface area (Å²) in [6.45, 7) is 4.23. The number of hydrogen-bond acceptors (Lipinski definition) is 4. The lowest BCUT2D eigenvalue weighted by atomic mass is 10.0. The van der Waals surface area contributed by atoms with Crippen molar-refractivity contribution in [2.75, 3.05) is 4.72 Å². The van der Waals surface area contributed by atoms with Gasteiger partial charge in [-0.3, -0.25) is 0 Å². The van der Waals surface area contributed by atoms with Gasteiger partial charge in [0.15, 0.2) is 0 Å². The molecule has 0 radical (unpaired) electrons. The minimum absolute atomic E-state index is 0.0609. The van der Waals surface area contributed by atoms with E-state index in [2.05, 4.69) is 14.8 Å². The van der Waals surface area contributed by atoms with E-state index in [4.69, 9.17) is 0 Å². The summed E-state index contributed by atoms with van der Waals surface area (Å²) in [7, 11) is -3.79. The average molecular weight is 374 g/mol. The minimum Gasteiger partial charge on any atom is -0.246 e. The van der Waals surface area contributed by atoms with Crippen LogP contribution in [-0.2, 0) is 16.6 Å². The van der Waals surface area contributed by atoms with Gasteiger partial charge in [-0.1, -0.05) is 44.2 Å². The number of anilines is 1. The molecular formula is C18H19FN4O2S. The normalized spacial score (nSPS) is 11.7. The predicted molar refractivity (Wildman–Crippen MR) is 96.9 cm³/mol. The largest absolute Gasteiger partial charge is 0.264 e. The summed E-state index contributed by atoms with van der Waals surface area (Å²) in [6.07, 6.45) is 1.35. The molecule has 0 aliphatic carbocycles. The van der Waals surface area contributed by atoms with Crippen molar-refractivity contribution < 1.29 is 12.8 Å². The third-order valence-corrected chi connectivity index (χ3v) is 5.25. The molecule has 0 amide bonds. The highest BCUT2D eigenvalue weighted by molar-refractivity contribution is 7.92. The fourth-order valence-corrected chi connectivity index (χ4v) is 3.38. The Balaban J connectivity index is 1.74. The third kappa shape index (κ3) is 4.08. The Bertz CT molecular complexity index is 998. The maximum atomic E-state index is 13.7. The molecule has 1 aromatic heterocycles. The highest BCUT2D eigenvalue weighted by Gasteiger charge is 2.17. The van der Waals surface area contributed by atoms with Crippen molar-refractivity contribution in [1.82, 2.24) is 14.8 Å². The Labute approximate surface area is 151 Å². The zero-order chi connectivity index (χ0) is 18.7. The molecule has 3 aromatic rings. The number of hydrogen-bond donors (Lipinski definition) is 1. The molecule has 0 aliphatic rings. The molecule has 0 bridgehead atoms. The average Bonchev–Trinajstić information content (AvgIpc) is 3.03. The van der Waals surface area contributed by atoms with Crippen LogP contribution in [0.4, 0.5) is 10.3 Å². The van der Waals surface area contributed by atoms with E-state index in [0.29, 0.717) is 11.5 Å². The van der Waals surface area contributed by atoms with Crippen LogP contribution in [0, 0.1) is 5.82 Å². The number of aromatic nitrogens is 3. The van der Waals surface area contributed by atoms with Gasteiger partial charge in [0.05, 0.1) is 11.4 Å². The fourth-order valence-electron chi connectivity index (χ4n) is 2.43. The van der Waals surface area contributed by atoms with E-state index in [1.165, 1.54) is 17.1 Å². The standard InChI is InChI=1S/C18H19FN4O2S/c1-13(2)14-7-9-16(10-8-14)26(24,25)22-18-20-12-23(21-18)11-15-5-3-4-6-17(15)19/h3-10,12-13H,11H2,1-2H3,(H,21,22). The van der Waals surface area contributed by atoms with Crippen molar-refractivity contribution in [2.24, 2.45) is 0 Å².